The van der Waals surface area contributed by atoms with Gasteiger partial charge in [-0.05, 0) is 46.2 Å². The lowest BCUT2D eigenvalue weighted by Crippen LogP contribution is -2.29. The molecule has 0 radical (unpaired) electrons. The molecule has 0 atom stereocenters. The molecule has 0 saturated heterocycles. The maximum absolute atomic E-state index is 11.7. The minimum absolute atomic E-state index is 0.282. The molecule has 0 aliphatic carbocycles. The van der Waals surface area contributed by atoms with Gasteiger partial charge in [-0.3, -0.25) is 4.79 Å². The SMILES string of the molecule is CC(C)CC(=O)N(C)CCCCCN(C)C(C)C. The molecule has 18 heavy (non-hydrogen) atoms. The maximum atomic E-state index is 11.7. The van der Waals surface area contributed by atoms with Gasteiger partial charge in [-0.1, -0.05) is 20.3 Å². The Labute approximate surface area is 114 Å². The van der Waals surface area contributed by atoms with Crippen LogP contribution in [0.2, 0.25) is 0 Å². The van der Waals surface area contributed by atoms with E-state index in [9.17, 15) is 4.79 Å². The van der Waals surface area contributed by atoms with Crippen molar-refractivity contribution in [2.45, 2.75) is 59.4 Å². The van der Waals surface area contributed by atoms with Crippen LogP contribution in [0.5, 0.6) is 0 Å². The highest BCUT2D eigenvalue weighted by molar-refractivity contribution is 5.75. The van der Waals surface area contributed by atoms with Crippen LogP contribution in [0.4, 0.5) is 0 Å². The van der Waals surface area contributed by atoms with Crippen molar-refractivity contribution in [2.75, 3.05) is 27.2 Å². The zero-order valence-electron chi connectivity index (χ0n) is 13.2. The number of hydrogen-bond donors (Lipinski definition) is 0. The van der Waals surface area contributed by atoms with Gasteiger partial charge in [0.25, 0.3) is 0 Å². The van der Waals surface area contributed by atoms with E-state index < -0.39 is 0 Å². The Kier molecular flexibility index (Phi) is 9.08. The van der Waals surface area contributed by atoms with Crippen LogP contribution in [-0.2, 0) is 4.79 Å². The second kappa shape index (κ2) is 9.37. The van der Waals surface area contributed by atoms with Crippen LogP contribution in [0.25, 0.3) is 0 Å². The minimum atomic E-state index is 0.282. The summed E-state index contributed by atoms with van der Waals surface area (Å²) in [4.78, 5) is 16.0. The Morgan fingerprint density at radius 3 is 2.00 bits per heavy atom. The van der Waals surface area contributed by atoms with E-state index in [-0.39, 0.29) is 5.91 Å². The summed E-state index contributed by atoms with van der Waals surface area (Å²) in [5.74, 6) is 0.740. The van der Waals surface area contributed by atoms with E-state index in [0.717, 1.165) is 19.5 Å². The van der Waals surface area contributed by atoms with E-state index in [1.165, 1.54) is 12.8 Å². The smallest absolute Gasteiger partial charge is 0.222 e. The van der Waals surface area contributed by atoms with Crippen molar-refractivity contribution in [3.8, 4) is 0 Å². The Morgan fingerprint density at radius 1 is 0.944 bits per heavy atom. The van der Waals surface area contributed by atoms with Crippen molar-refractivity contribution in [1.82, 2.24) is 9.80 Å². The normalized spacial score (nSPS) is 11.6. The first-order chi connectivity index (χ1) is 8.34. The van der Waals surface area contributed by atoms with E-state index in [2.05, 4.69) is 39.6 Å². The zero-order valence-corrected chi connectivity index (χ0v) is 13.2. The van der Waals surface area contributed by atoms with Crippen molar-refractivity contribution in [3.63, 3.8) is 0 Å². The van der Waals surface area contributed by atoms with E-state index in [1.54, 1.807) is 0 Å². The quantitative estimate of drug-likeness (QED) is 0.592. The number of carbonyl (C=O) groups excluding carboxylic acids is 1. The highest BCUT2D eigenvalue weighted by Gasteiger charge is 2.10. The van der Waals surface area contributed by atoms with Crippen molar-refractivity contribution < 1.29 is 4.79 Å². The molecular formula is C15H32N2O. The molecule has 1 amide bonds. The van der Waals surface area contributed by atoms with Crippen LogP contribution < -0.4 is 0 Å². The average Bonchev–Trinajstić information content (AvgIpc) is 2.26. The molecule has 3 heteroatoms. The predicted molar refractivity (Wildman–Crippen MR) is 78.7 cm³/mol. The summed E-state index contributed by atoms with van der Waals surface area (Å²) in [5.41, 5.74) is 0. The summed E-state index contributed by atoms with van der Waals surface area (Å²) in [6.45, 7) is 10.7. The third-order valence-electron chi connectivity index (χ3n) is 3.39. The van der Waals surface area contributed by atoms with Crippen LogP contribution in [0, 0.1) is 5.92 Å². The molecule has 0 aromatic rings. The fourth-order valence-electron chi connectivity index (χ4n) is 1.77. The first-order valence-electron chi connectivity index (χ1n) is 7.28. The predicted octanol–water partition coefficient (Wildman–Crippen LogP) is 3.00. The van der Waals surface area contributed by atoms with Crippen molar-refractivity contribution >= 4 is 5.91 Å². The molecule has 0 aromatic heterocycles. The number of rotatable bonds is 9. The van der Waals surface area contributed by atoms with Crippen LogP contribution in [0.1, 0.15) is 53.4 Å². The average molecular weight is 256 g/mol. The lowest BCUT2D eigenvalue weighted by molar-refractivity contribution is -0.130. The molecule has 0 aromatic carbocycles. The second-order valence-corrected chi connectivity index (χ2v) is 6.05. The molecule has 0 heterocycles. The first kappa shape index (κ1) is 17.4. The Balaban J connectivity index is 3.57. The topological polar surface area (TPSA) is 23.6 Å². The molecule has 108 valence electrons. The molecule has 3 nitrogen and oxygen atoms in total. The summed E-state index contributed by atoms with van der Waals surface area (Å²) in [6, 6.07) is 0.625. The summed E-state index contributed by atoms with van der Waals surface area (Å²) >= 11 is 0. The third kappa shape index (κ3) is 8.51. The molecule has 0 unspecified atom stereocenters. The first-order valence-corrected chi connectivity index (χ1v) is 7.28. The summed E-state index contributed by atoms with van der Waals surface area (Å²) in [6.07, 6.45) is 4.22. The van der Waals surface area contributed by atoms with Crippen molar-refractivity contribution in [2.24, 2.45) is 5.92 Å². The maximum Gasteiger partial charge on any atom is 0.222 e. The highest BCUT2D eigenvalue weighted by atomic mass is 16.2. The van der Waals surface area contributed by atoms with E-state index in [1.807, 2.05) is 11.9 Å². The third-order valence-corrected chi connectivity index (χ3v) is 3.39. The number of carbonyl (C=O) groups is 1. The van der Waals surface area contributed by atoms with E-state index >= 15 is 0 Å². The van der Waals surface area contributed by atoms with Gasteiger partial charge in [-0.15, -0.1) is 0 Å². The Hall–Kier alpha value is -0.570. The van der Waals surface area contributed by atoms with Crippen LogP contribution in [-0.4, -0.2) is 48.9 Å². The zero-order chi connectivity index (χ0) is 14.1. The van der Waals surface area contributed by atoms with E-state index in [4.69, 9.17) is 0 Å². The van der Waals surface area contributed by atoms with Gasteiger partial charge in [0, 0.05) is 26.1 Å². The lowest BCUT2D eigenvalue weighted by Gasteiger charge is -2.21. The van der Waals surface area contributed by atoms with Gasteiger partial charge in [0.1, 0.15) is 0 Å². The van der Waals surface area contributed by atoms with Gasteiger partial charge in [0.2, 0.25) is 5.91 Å². The van der Waals surface area contributed by atoms with Crippen LogP contribution >= 0.6 is 0 Å². The van der Waals surface area contributed by atoms with Gasteiger partial charge in [0.15, 0.2) is 0 Å². The minimum Gasteiger partial charge on any atom is -0.346 e. The lowest BCUT2D eigenvalue weighted by atomic mass is 10.1. The van der Waals surface area contributed by atoms with Crippen LogP contribution in [0.3, 0.4) is 0 Å². The van der Waals surface area contributed by atoms with Gasteiger partial charge in [-0.2, -0.15) is 0 Å². The summed E-state index contributed by atoms with van der Waals surface area (Å²) in [7, 11) is 4.09. The molecule has 0 aliphatic rings. The Morgan fingerprint density at radius 2 is 1.50 bits per heavy atom. The number of amides is 1. The number of hydrogen-bond acceptors (Lipinski definition) is 2. The largest absolute Gasteiger partial charge is 0.346 e. The fraction of sp³-hybridized carbons (Fsp3) is 0.933. The molecule has 0 aliphatic heterocycles. The van der Waals surface area contributed by atoms with Gasteiger partial charge in [-0.25, -0.2) is 0 Å². The monoisotopic (exact) mass is 256 g/mol. The van der Waals surface area contributed by atoms with Gasteiger partial charge in [0.05, 0.1) is 0 Å². The van der Waals surface area contributed by atoms with E-state index in [0.29, 0.717) is 18.4 Å². The summed E-state index contributed by atoms with van der Waals surface area (Å²) < 4.78 is 0. The molecule has 0 saturated carbocycles. The molecule has 0 fully saturated rings. The molecule has 0 N–H and O–H groups in total. The Bertz CT molecular complexity index is 227. The second-order valence-electron chi connectivity index (χ2n) is 6.05. The summed E-state index contributed by atoms with van der Waals surface area (Å²) in [5, 5.41) is 0. The molecule has 0 rings (SSSR count). The molecule has 0 bridgehead atoms. The number of unbranched alkanes of at least 4 members (excludes halogenated alkanes) is 2. The molecular weight excluding hydrogens is 224 g/mol. The molecule has 0 spiro atoms. The van der Waals surface area contributed by atoms with Crippen molar-refractivity contribution in [1.29, 1.82) is 0 Å². The van der Waals surface area contributed by atoms with Crippen molar-refractivity contribution in [3.05, 3.63) is 0 Å². The van der Waals surface area contributed by atoms with Gasteiger partial charge < -0.3 is 9.80 Å². The highest BCUT2D eigenvalue weighted by Crippen LogP contribution is 2.05. The van der Waals surface area contributed by atoms with Gasteiger partial charge >= 0.3 is 0 Å². The standard InChI is InChI=1S/C15H32N2O/c1-13(2)12-15(18)17(6)11-9-7-8-10-16(5)14(3)4/h13-14H,7-12H2,1-6H3. The van der Waals surface area contributed by atoms with Crippen LogP contribution in [0.15, 0.2) is 0 Å². The fourth-order valence-corrected chi connectivity index (χ4v) is 1.77. The number of nitrogens with zero attached hydrogens (tertiary/aromatic N) is 2.